The monoisotopic (exact) mass is 429 g/mol. The minimum absolute atomic E-state index is 0.0140. The van der Waals surface area contributed by atoms with Crippen molar-refractivity contribution in [1.82, 2.24) is 19.9 Å². The lowest BCUT2D eigenvalue weighted by atomic mass is 10.1. The second-order valence-corrected chi connectivity index (χ2v) is 8.35. The summed E-state index contributed by atoms with van der Waals surface area (Å²) in [5.74, 6) is 0.00963. The van der Waals surface area contributed by atoms with Crippen LogP contribution in [0.5, 0.6) is 0 Å². The molecule has 2 N–H and O–H groups in total. The zero-order valence-electron chi connectivity index (χ0n) is 16.5. The first kappa shape index (κ1) is 19.3. The van der Waals surface area contributed by atoms with Gasteiger partial charge in [0.05, 0.1) is 4.70 Å². The summed E-state index contributed by atoms with van der Waals surface area (Å²) < 4.78 is 4.86. The van der Waals surface area contributed by atoms with Crippen LogP contribution < -0.4 is 10.6 Å². The maximum atomic E-state index is 12.6. The van der Waals surface area contributed by atoms with Crippen LogP contribution in [0.3, 0.4) is 0 Å². The average Bonchev–Trinajstić information content (AvgIpc) is 3.48. The largest absolute Gasteiger partial charge is 0.348 e. The van der Waals surface area contributed by atoms with Gasteiger partial charge in [-0.1, -0.05) is 22.7 Å². The first-order valence-electron chi connectivity index (χ1n) is 9.97. The van der Waals surface area contributed by atoms with Crippen molar-refractivity contribution in [3.05, 3.63) is 83.7 Å². The zero-order chi connectivity index (χ0) is 21.2. The van der Waals surface area contributed by atoms with E-state index in [2.05, 4.69) is 25.2 Å². The molecule has 5 rings (SSSR count). The molecule has 2 atom stereocenters. The molecule has 7 nitrogen and oxygen atoms in total. The van der Waals surface area contributed by atoms with Crippen molar-refractivity contribution in [2.45, 2.75) is 18.9 Å². The summed E-state index contributed by atoms with van der Waals surface area (Å²) >= 11 is 1.31. The molecule has 0 bridgehead atoms. The molecule has 8 heteroatoms. The summed E-state index contributed by atoms with van der Waals surface area (Å²) in [6, 6.07) is 16.9. The Kier molecular flexibility index (Phi) is 5.13. The van der Waals surface area contributed by atoms with Crippen molar-refractivity contribution in [3.63, 3.8) is 0 Å². The van der Waals surface area contributed by atoms with Gasteiger partial charge in [-0.25, -0.2) is 0 Å². The van der Waals surface area contributed by atoms with Crippen LogP contribution in [0.4, 0.5) is 5.69 Å². The van der Waals surface area contributed by atoms with Gasteiger partial charge in [-0.3, -0.25) is 14.6 Å². The lowest BCUT2D eigenvalue weighted by Gasteiger charge is -2.07. The summed E-state index contributed by atoms with van der Waals surface area (Å²) in [6.07, 6.45) is 4.24. The maximum Gasteiger partial charge on any atom is 0.251 e. The fraction of sp³-hybridized carbons (Fsp3) is 0.174. The molecule has 0 saturated heterocycles. The van der Waals surface area contributed by atoms with Gasteiger partial charge in [0.1, 0.15) is 5.52 Å². The standard InChI is InChI=1S/C23H19N5O2S/c29-22(25-13-14-2-1-9-24-12-14)16-5-3-15(4-6-16)18-11-19(18)23(30)26-17-7-8-20-21(10-17)31-28-27-20/h1-10,12,18-19H,11,13H2,(H,25,29)(H,26,30)/t18-,19+/m0/s1. The Hall–Kier alpha value is -3.65. The summed E-state index contributed by atoms with van der Waals surface area (Å²) in [4.78, 5) is 29.0. The van der Waals surface area contributed by atoms with Crippen LogP contribution in [0, 0.1) is 5.92 Å². The topological polar surface area (TPSA) is 96.9 Å². The number of aromatic nitrogens is 3. The SMILES string of the molecule is O=C(NCc1cccnc1)c1ccc([C@@H]2C[C@H]2C(=O)Nc2ccc3nnsc3c2)cc1. The average molecular weight is 430 g/mol. The van der Waals surface area contributed by atoms with Crippen LogP contribution in [0.25, 0.3) is 10.2 Å². The normalized spacial score (nSPS) is 17.3. The van der Waals surface area contributed by atoms with Crippen molar-refractivity contribution < 1.29 is 9.59 Å². The first-order valence-corrected chi connectivity index (χ1v) is 10.7. The Morgan fingerprint density at radius 3 is 2.77 bits per heavy atom. The first-order chi connectivity index (χ1) is 15.2. The van der Waals surface area contributed by atoms with E-state index >= 15 is 0 Å². The third kappa shape index (κ3) is 4.29. The summed E-state index contributed by atoms with van der Waals surface area (Å²) in [5.41, 5.74) is 4.21. The molecule has 2 amide bonds. The molecule has 0 aliphatic heterocycles. The fourth-order valence-corrected chi connectivity index (χ4v) is 4.21. The molecule has 1 aliphatic carbocycles. The minimum Gasteiger partial charge on any atom is -0.348 e. The summed E-state index contributed by atoms with van der Waals surface area (Å²) in [5, 5.41) is 9.89. The molecule has 2 aromatic carbocycles. The number of benzene rings is 2. The van der Waals surface area contributed by atoms with E-state index in [1.165, 1.54) is 11.5 Å². The number of carbonyl (C=O) groups is 2. The molecule has 2 heterocycles. The van der Waals surface area contributed by atoms with Crippen LogP contribution in [-0.4, -0.2) is 26.4 Å². The molecule has 0 radical (unpaired) electrons. The Balaban J connectivity index is 1.17. The lowest BCUT2D eigenvalue weighted by molar-refractivity contribution is -0.117. The van der Waals surface area contributed by atoms with Gasteiger partial charge in [0, 0.05) is 36.1 Å². The number of rotatable bonds is 6. The molecular weight excluding hydrogens is 410 g/mol. The van der Waals surface area contributed by atoms with E-state index in [1.54, 1.807) is 12.4 Å². The number of nitrogens with one attached hydrogen (secondary N) is 2. The molecule has 1 fully saturated rings. The molecule has 2 aromatic heterocycles. The number of pyridine rings is 1. The highest BCUT2D eigenvalue weighted by Gasteiger charge is 2.43. The predicted molar refractivity (Wildman–Crippen MR) is 119 cm³/mol. The predicted octanol–water partition coefficient (Wildman–Crippen LogP) is 3.76. The van der Waals surface area contributed by atoms with E-state index < -0.39 is 0 Å². The number of carbonyl (C=O) groups excluding carboxylic acids is 2. The number of anilines is 1. The fourth-order valence-electron chi connectivity index (χ4n) is 3.61. The van der Waals surface area contributed by atoms with Crippen LogP contribution in [-0.2, 0) is 11.3 Å². The van der Waals surface area contributed by atoms with Crippen molar-refractivity contribution in [1.29, 1.82) is 0 Å². The smallest absolute Gasteiger partial charge is 0.251 e. The third-order valence-corrected chi connectivity index (χ3v) is 6.11. The Morgan fingerprint density at radius 1 is 1.10 bits per heavy atom. The minimum atomic E-state index is -0.131. The second-order valence-electron chi connectivity index (χ2n) is 7.56. The highest BCUT2D eigenvalue weighted by Crippen LogP contribution is 2.48. The van der Waals surface area contributed by atoms with Crippen molar-refractivity contribution in [3.8, 4) is 0 Å². The van der Waals surface area contributed by atoms with E-state index in [1.807, 2.05) is 54.6 Å². The van der Waals surface area contributed by atoms with Gasteiger partial charge < -0.3 is 10.6 Å². The lowest BCUT2D eigenvalue weighted by Crippen LogP contribution is -2.22. The molecule has 0 unspecified atom stereocenters. The van der Waals surface area contributed by atoms with Crippen LogP contribution >= 0.6 is 11.5 Å². The van der Waals surface area contributed by atoms with Gasteiger partial charge in [-0.05, 0) is 71.4 Å². The van der Waals surface area contributed by atoms with E-state index in [4.69, 9.17) is 0 Å². The molecule has 0 spiro atoms. The van der Waals surface area contributed by atoms with E-state index in [0.717, 1.165) is 33.5 Å². The van der Waals surface area contributed by atoms with Crippen LogP contribution in [0.1, 0.15) is 33.8 Å². The molecule has 154 valence electrons. The van der Waals surface area contributed by atoms with Crippen molar-refractivity contribution >= 4 is 39.3 Å². The quantitative estimate of drug-likeness (QED) is 0.486. The number of nitrogens with zero attached hydrogens (tertiary/aromatic N) is 3. The number of hydrogen-bond donors (Lipinski definition) is 2. The molecular formula is C23H19N5O2S. The highest BCUT2D eigenvalue weighted by atomic mass is 32.1. The second kappa shape index (κ2) is 8.23. The van der Waals surface area contributed by atoms with E-state index in [0.29, 0.717) is 12.1 Å². The van der Waals surface area contributed by atoms with Gasteiger partial charge in [-0.2, -0.15) is 0 Å². The van der Waals surface area contributed by atoms with Gasteiger partial charge in [-0.15, -0.1) is 5.10 Å². The summed E-state index contributed by atoms with van der Waals surface area (Å²) in [6.45, 7) is 0.433. The molecule has 31 heavy (non-hydrogen) atoms. The number of hydrogen-bond acceptors (Lipinski definition) is 6. The van der Waals surface area contributed by atoms with Crippen LogP contribution in [0.2, 0.25) is 0 Å². The highest BCUT2D eigenvalue weighted by molar-refractivity contribution is 7.12. The Bertz CT molecular complexity index is 1240. The third-order valence-electron chi connectivity index (χ3n) is 5.42. The Morgan fingerprint density at radius 2 is 1.97 bits per heavy atom. The van der Waals surface area contributed by atoms with Gasteiger partial charge in [0.15, 0.2) is 0 Å². The van der Waals surface area contributed by atoms with Crippen molar-refractivity contribution in [2.24, 2.45) is 5.92 Å². The van der Waals surface area contributed by atoms with Crippen molar-refractivity contribution in [2.75, 3.05) is 5.32 Å². The van der Waals surface area contributed by atoms with E-state index in [9.17, 15) is 9.59 Å². The van der Waals surface area contributed by atoms with Gasteiger partial charge in [0.25, 0.3) is 5.91 Å². The van der Waals surface area contributed by atoms with E-state index in [-0.39, 0.29) is 23.7 Å². The van der Waals surface area contributed by atoms with Crippen LogP contribution in [0.15, 0.2) is 67.0 Å². The van der Waals surface area contributed by atoms with Gasteiger partial charge >= 0.3 is 0 Å². The summed E-state index contributed by atoms with van der Waals surface area (Å²) in [7, 11) is 0. The molecule has 1 saturated carbocycles. The Labute approximate surface area is 182 Å². The molecule has 1 aliphatic rings. The number of amides is 2. The number of fused-ring (bicyclic) bond motifs is 1. The maximum absolute atomic E-state index is 12.6. The molecule has 4 aromatic rings. The van der Waals surface area contributed by atoms with Gasteiger partial charge in [0.2, 0.25) is 5.91 Å². The zero-order valence-corrected chi connectivity index (χ0v) is 17.3.